The molecule has 2 aromatic carbocycles. The molecule has 2 amide bonds. The van der Waals surface area contributed by atoms with Gasteiger partial charge >= 0.3 is 6.09 Å². The lowest BCUT2D eigenvalue weighted by molar-refractivity contribution is -0.175. The zero-order valence-electron chi connectivity index (χ0n) is 17.5. The summed E-state index contributed by atoms with van der Waals surface area (Å²) >= 11 is 5.78. The Balaban J connectivity index is 1.42. The van der Waals surface area contributed by atoms with Crippen LogP contribution in [0.25, 0.3) is 0 Å². The zero-order chi connectivity index (χ0) is 24.0. The summed E-state index contributed by atoms with van der Waals surface area (Å²) in [5.41, 5.74) is 2.15. The number of anilines is 2. The van der Waals surface area contributed by atoms with Crippen LogP contribution in [0.4, 0.5) is 20.6 Å². The van der Waals surface area contributed by atoms with Crippen LogP contribution >= 0.6 is 11.6 Å². The molecule has 1 saturated heterocycles. The molecule has 2 heterocycles. The molecule has 0 aliphatic carbocycles. The number of hydrogen-bond donors (Lipinski definition) is 2. The Hall–Kier alpha value is -2.89. The van der Waals surface area contributed by atoms with Gasteiger partial charge in [-0.05, 0) is 53.9 Å². The van der Waals surface area contributed by atoms with Crippen LogP contribution in [0.2, 0.25) is 5.02 Å². The van der Waals surface area contributed by atoms with Gasteiger partial charge < -0.3 is 20.1 Å². The number of carbonyl (C=O) groups excluding carboxylic acids is 2. The first kappa shape index (κ1) is 23.3. The fraction of sp³-hybridized carbons (Fsp3) is 0.333. The average Bonchev–Trinajstić information content (AvgIpc) is 3.27. The number of ether oxygens (including phenoxy) is 1. The number of nitrogens with zero attached hydrogens (tertiary/aromatic N) is 2. The SMILES string of the molecule is CS(=O)(=O)N1CCc2cc(N3CC[C@@](O)(OC(=O)NCc4cc(F)cc(Cl)c4)C3=O)ccc21. The van der Waals surface area contributed by atoms with Crippen LogP contribution in [-0.2, 0) is 32.5 Å². The van der Waals surface area contributed by atoms with Crippen molar-refractivity contribution in [2.45, 2.75) is 25.2 Å². The Morgan fingerprint density at radius 2 is 2.03 bits per heavy atom. The van der Waals surface area contributed by atoms with Crippen molar-refractivity contribution in [3.8, 4) is 0 Å². The van der Waals surface area contributed by atoms with Crippen LogP contribution in [0.5, 0.6) is 0 Å². The fourth-order valence-corrected chi connectivity index (χ4v) is 5.17. The van der Waals surface area contributed by atoms with E-state index in [1.165, 1.54) is 21.3 Å². The third-order valence-corrected chi connectivity index (χ3v) is 6.90. The maximum absolute atomic E-state index is 13.4. The minimum absolute atomic E-state index is 0.0939. The lowest BCUT2D eigenvalue weighted by atomic mass is 10.1. The van der Waals surface area contributed by atoms with E-state index in [4.69, 9.17) is 16.3 Å². The highest BCUT2D eigenvalue weighted by Crippen LogP contribution is 2.36. The number of alkyl carbamates (subject to hydrolysis) is 1. The molecule has 0 aromatic heterocycles. The second-order valence-corrected chi connectivity index (χ2v) is 10.3. The molecule has 0 spiro atoms. The third kappa shape index (κ3) is 4.75. The van der Waals surface area contributed by atoms with E-state index in [1.54, 1.807) is 18.2 Å². The quantitative estimate of drug-likeness (QED) is 0.611. The number of sulfonamides is 1. The first-order valence-electron chi connectivity index (χ1n) is 10.0. The van der Waals surface area contributed by atoms with Crippen LogP contribution in [-0.4, -0.2) is 50.7 Å². The predicted molar refractivity (Wildman–Crippen MR) is 119 cm³/mol. The maximum atomic E-state index is 13.4. The topological polar surface area (TPSA) is 116 Å². The third-order valence-electron chi connectivity index (χ3n) is 5.50. The van der Waals surface area contributed by atoms with Gasteiger partial charge in [-0.2, -0.15) is 0 Å². The summed E-state index contributed by atoms with van der Waals surface area (Å²) in [7, 11) is -3.40. The number of carbonyl (C=O) groups is 2. The van der Waals surface area contributed by atoms with Crippen LogP contribution in [0.3, 0.4) is 0 Å². The van der Waals surface area contributed by atoms with E-state index in [-0.39, 0.29) is 24.5 Å². The van der Waals surface area contributed by atoms with Crippen molar-refractivity contribution in [2.75, 3.05) is 28.6 Å². The highest BCUT2D eigenvalue weighted by molar-refractivity contribution is 7.92. The number of nitrogens with one attached hydrogen (secondary N) is 1. The van der Waals surface area contributed by atoms with Gasteiger partial charge in [0.2, 0.25) is 10.0 Å². The van der Waals surface area contributed by atoms with Gasteiger partial charge in [0.25, 0.3) is 11.7 Å². The molecule has 1 fully saturated rings. The average molecular weight is 498 g/mol. The van der Waals surface area contributed by atoms with Gasteiger partial charge in [0, 0.05) is 36.8 Å². The van der Waals surface area contributed by atoms with Gasteiger partial charge in [-0.15, -0.1) is 0 Å². The molecular weight excluding hydrogens is 477 g/mol. The molecule has 33 heavy (non-hydrogen) atoms. The summed E-state index contributed by atoms with van der Waals surface area (Å²) in [5, 5.41) is 13.2. The van der Waals surface area contributed by atoms with E-state index >= 15 is 0 Å². The van der Waals surface area contributed by atoms with Crippen molar-refractivity contribution in [2.24, 2.45) is 0 Å². The number of rotatable bonds is 5. The molecule has 2 aliphatic heterocycles. The molecule has 0 bridgehead atoms. The summed E-state index contributed by atoms with van der Waals surface area (Å²) in [6.45, 7) is 0.290. The number of aliphatic hydroxyl groups is 1. The lowest BCUT2D eigenvalue weighted by Gasteiger charge is -2.23. The van der Waals surface area contributed by atoms with Gasteiger partial charge in [-0.25, -0.2) is 17.6 Å². The number of fused-ring (bicyclic) bond motifs is 1. The van der Waals surface area contributed by atoms with Crippen molar-refractivity contribution in [3.63, 3.8) is 0 Å². The van der Waals surface area contributed by atoms with Crippen LogP contribution < -0.4 is 14.5 Å². The first-order valence-corrected chi connectivity index (χ1v) is 12.3. The van der Waals surface area contributed by atoms with E-state index in [9.17, 15) is 27.5 Å². The second kappa shape index (κ2) is 8.47. The number of amides is 2. The van der Waals surface area contributed by atoms with E-state index in [2.05, 4.69) is 5.32 Å². The largest absolute Gasteiger partial charge is 0.410 e. The molecule has 12 heteroatoms. The molecule has 176 valence electrons. The molecule has 4 rings (SSSR count). The molecular formula is C21H21ClFN3O6S. The monoisotopic (exact) mass is 497 g/mol. The van der Waals surface area contributed by atoms with Crippen molar-refractivity contribution >= 4 is 45.0 Å². The molecule has 0 radical (unpaired) electrons. The van der Waals surface area contributed by atoms with E-state index in [0.717, 1.165) is 17.9 Å². The van der Waals surface area contributed by atoms with Gasteiger partial charge in [-0.3, -0.25) is 9.10 Å². The molecule has 2 N–H and O–H groups in total. The molecule has 2 aromatic rings. The van der Waals surface area contributed by atoms with Crippen molar-refractivity contribution in [1.82, 2.24) is 5.32 Å². The predicted octanol–water partition coefficient (Wildman–Crippen LogP) is 2.15. The Morgan fingerprint density at radius 3 is 2.73 bits per heavy atom. The number of benzene rings is 2. The normalized spacial score (nSPS) is 20.2. The van der Waals surface area contributed by atoms with Gasteiger partial charge in [0.05, 0.1) is 11.9 Å². The van der Waals surface area contributed by atoms with Crippen molar-refractivity contribution in [3.05, 3.63) is 58.4 Å². The lowest BCUT2D eigenvalue weighted by Crippen LogP contribution is -2.46. The summed E-state index contributed by atoms with van der Waals surface area (Å²) in [6.07, 6.45) is 0.417. The Labute approximate surface area is 194 Å². The molecule has 0 unspecified atom stereocenters. The van der Waals surface area contributed by atoms with E-state index < -0.39 is 33.6 Å². The number of hydrogen-bond acceptors (Lipinski definition) is 6. The van der Waals surface area contributed by atoms with Crippen molar-refractivity contribution < 1.29 is 32.2 Å². The highest BCUT2D eigenvalue weighted by atomic mass is 35.5. The summed E-state index contributed by atoms with van der Waals surface area (Å²) in [5.74, 6) is -3.74. The van der Waals surface area contributed by atoms with Crippen LogP contribution in [0.1, 0.15) is 17.5 Å². The summed E-state index contributed by atoms with van der Waals surface area (Å²) in [6, 6.07) is 8.65. The van der Waals surface area contributed by atoms with Gasteiger partial charge in [0.15, 0.2) is 0 Å². The van der Waals surface area contributed by atoms with Gasteiger partial charge in [-0.1, -0.05) is 11.6 Å². The summed E-state index contributed by atoms with van der Waals surface area (Å²) < 4.78 is 43.5. The second-order valence-electron chi connectivity index (χ2n) is 7.91. The first-order chi connectivity index (χ1) is 15.5. The van der Waals surface area contributed by atoms with Gasteiger partial charge in [0.1, 0.15) is 5.82 Å². The standard InChI is InChI=1S/C21H21ClFN3O6S/c1-33(30,31)26-6-4-14-10-17(2-3-18(14)26)25-7-5-21(29,19(25)27)32-20(28)24-12-13-8-15(22)11-16(23)9-13/h2-3,8-11,29H,4-7,12H2,1H3,(H,24,28)/t21-/m1/s1. The highest BCUT2D eigenvalue weighted by Gasteiger charge is 2.49. The molecule has 2 aliphatic rings. The fourth-order valence-electron chi connectivity index (χ4n) is 3.97. The molecule has 0 saturated carbocycles. The minimum atomic E-state index is -3.40. The van der Waals surface area contributed by atoms with E-state index in [0.29, 0.717) is 29.9 Å². The van der Waals surface area contributed by atoms with Crippen LogP contribution in [0, 0.1) is 5.82 Å². The van der Waals surface area contributed by atoms with E-state index in [1.807, 2.05) is 0 Å². The number of halogens is 2. The summed E-state index contributed by atoms with van der Waals surface area (Å²) in [4.78, 5) is 26.3. The minimum Gasteiger partial charge on any atom is -0.407 e. The van der Waals surface area contributed by atoms with Crippen LogP contribution in [0.15, 0.2) is 36.4 Å². The van der Waals surface area contributed by atoms with Crippen molar-refractivity contribution in [1.29, 1.82) is 0 Å². The molecule has 9 nitrogen and oxygen atoms in total. The Bertz CT molecular complexity index is 1220. The molecule has 1 atom stereocenters. The Morgan fingerprint density at radius 1 is 1.27 bits per heavy atom. The zero-order valence-corrected chi connectivity index (χ0v) is 19.1. The maximum Gasteiger partial charge on any atom is 0.410 e. The smallest absolute Gasteiger partial charge is 0.407 e. The Kier molecular flexibility index (Phi) is 5.97.